The van der Waals surface area contributed by atoms with E-state index in [9.17, 15) is 0 Å². The van der Waals surface area contributed by atoms with Crippen LogP contribution in [0.4, 0.5) is 0 Å². The van der Waals surface area contributed by atoms with E-state index in [1.165, 1.54) is 43.8 Å². The molecule has 0 unspecified atom stereocenters. The zero-order valence-corrected chi connectivity index (χ0v) is 28.4. The van der Waals surface area contributed by atoms with E-state index < -0.39 is 0 Å². The fourth-order valence-electron chi connectivity index (χ4n) is 4.49. The molecular formula is C34H34Cl2N2SiZr-2. The van der Waals surface area contributed by atoms with E-state index in [1.54, 1.807) is 23.3 Å². The Morgan fingerprint density at radius 3 is 1.35 bits per heavy atom. The number of hydrogen-bond donors (Lipinski definition) is 0. The second kappa shape index (κ2) is 16.8. The summed E-state index contributed by atoms with van der Waals surface area (Å²) in [6, 6.07) is 34.0. The first-order valence-corrected chi connectivity index (χ1v) is 19.4. The molecule has 0 aliphatic rings. The molecule has 0 atom stereocenters. The fourth-order valence-corrected chi connectivity index (χ4v) is 4.49. The van der Waals surface area contributed by atoms with Gasteiger partial charge in [-0.05, 0) is 48.2 Å². The van der Waals surface area contributed by atoms with E-state index in [4.69, 9.17) is 0 Å². The van der Waals surface area contributed by atoms with Crippen molar-refractivity contribution in [3.63, 3.8) is 0 Å². The molecule has 2 nitrogen and oxygen atoms in total. The van der Waals surface area contributed by atoms with Gasteiger partial charge in [0.25, 0.3) is 0 Å². The molecule has 0 radical (unpaired) electrons. The number of halogens is 2. The number of nitrogens with zero attached hydrogens (tertiary/aromatic N) is 2. The molecule has 6 aromatic rings. The molecule has 0 bridgehead atoms. The zero-order valence-electron chi connectivity index (χ0n) is 23.5. The molecule has 0 saturated heterocycles. The van der Waals surface area contributed by atoms with Gasteiger partial charge >= 0.3 is 41.9 Å². The second-order valence-electron chi connectivity index (χ2n) is 9.48. The average molecular weight is 661 g/mol. The Morgan fingerprint density at radius 2 is 1.02 bits per heavy atom. The van der Waals surface area contributed by atoms with Crippen LogP contribution in [0.5, 0.6) is 0 Å². The molecular weight excluding hydrogens is 627 g/mol. The molecule has 0 fully saturated rings. The third-order valence-corrected chi connectivity index (χ3v) is 6.32. The monoisotopic (exact) mass is 658 g/mol. The summed E-state index contributed by atoms with van der Waals surface area (Å²) >= 11 is 1.74. The first-order valence-electron chi connectivity index (χ1n) is 13.2. The van der Waals surface area contributed by atoms with Crippen molar-refractivity contribution in [1.29, 1.82) is 0 Å². The van der Waals surface area contributed by atoms with Crippen LogP contribution in [-0.2, 0) is 36.2 Å². The number of aryl methyl sites for hydroxylation is 2. The molecule has 0 saturated carbocycles. The Hall–Kier alpha value is -2.36. The number of hydrogen-bond acceptors (Lipinski definition) is 2. The summed E-state index contributed by atoms with van der Waals surface area (Å²) in [7, 11) is 0. The normalized spacial score (nSPS) is 9.95. The van der Waals surface area contributed by atoms with Crippen LogP contribution in [0.3, 0.4) is 0 Å². The molecule has 0 spiro atoms. The standard InChI is InChI=1S/2C16H14N.C2H6Si.2ClH.Zr/c2*1-2-12-10-13-6-5-7-14(15(13)11-12)16-8-3-4-9-17-16;1-3-2;;;/h2*3-11H,2H2,1H3;1-2H3;2*1H;/q2*-1;;;;+2/p-2. The second-order valence-corrected chi connectivity index (χ2v) is 18.9. The Morgan fingerprint density at radius 1 is 0.625 bits per heavy atom. The van der Waals surface area contributed by atoms with Gasteiger partial charge in [-0.2, -0.15) is 12.1 Å². The first-order chi connectivity index (χ1) is 18.5. The van der Waals surface area contributed by atoms with E-state index >= 15 is 0 Å². The largest absolute Gasteiger partial charge is 1.00 e. The van der Waals surface area contributed by atoms with Gasteiger partial charge in [0.1, 0.15) is 0 Å². The topological polar surface area (TPSA) is 25.8 Å². The maximum absolute atomic E-state index is 4.43. The van der Waals surface area contributed by atoms with Gasteiger partial charge in [-0.15, -0.1) is 69.1 Å². The average Bonchev–Trinajstić information content (AvgIpc) is 3.58. The van der Waals surface area contributed by atoms with Crippen molar-refractivity contribution in [2.75, 3.05) is 0 Å². The van der Waals surface area contributed by atoms with Crippen LogP contribution in [0.25, 0.3) is 44.1 Å². The van der Waals surface area contributed by atoms with Crippen molar-refractivity contribution in [3.05, 3.63) is 121 Å². The molecule has 0 aliphatic carbocycles. The number of pyridine rings is 2. The van der Waals surface area contributed by atoms with Gasteiger partial charge in [-0.3, -0.25) is 9.97 Å². The number of rotatable bonds is 4. The summed E-state index contributed by atoms with van der Waals surface area (Å²) in [5.41, 5.74) is 7.54. The third-order valence-electron chi connectivity index (χ3n) is 6.32. The molecule has 2 heterocycles. The summed E-state index contributed by atoms with van der Waals surface area (Å²) in [5, 5.41) is 5.24. The third kappa shape index (κ3) is 8.82. The Balaban J connectivity index is 0.000000237. The van der Waals surface area contributed by atoms with Crippen LogP contribution in [0, 0.1) is 0 Å². The minimum Gasteiger partial charge on any atom is -1.00 e. The smallest absolute Gasteiger partial charge is 1.00 e. The van der Waals surface area contributed by atoms with Crippen molar-refractivity contribution in [1.82, 2.24) is 9.97 Å². The predicted molar refractivity (Wildman–Crippen MR) is 162 cm³/mol. The van der Waals surface area contributed by atoms with E-state index in [2.05, 4.69) is 110 Å². The number of aromatic nitrogens is 2. The zero-order chi connectivity index (χ0) is 26.9. The maximum atomic E-state index is 4.43. The summed E-state index contributed by atoms with van der Waals surface area (Å²) in [6.45, 7) is 9.00. The maximum Gasteiger partial charge on any atom is -1.00 e. The minimum absolute atomic E-state index is 0. The van der Waals surface area contributed by atoms with E-state index in [0.29, 0.717) is 0 Å². The molecule has 6 rings (SSSR count). The number of benzene rings is 2. The molecule has 204 valence electrons. The molecule has 40 heavy (non-hydrogen) atoms. The summed E-state index contributed by atoms with van der Waals surface area (Å²) in [5.74, 6) is 0. The van der Waals surface area contributed by atoms with Crippen LogP contribution >= 0.6 is 0 Å². The van der Waals surface area contributed by atoms with Gasteiger partial charge in [-0.25, -0.2) is 0 Å². The van der Waals surface area contributed by atoms with Gasteiger partial charge in [0.2, 0.25) is 0 Å². The van der Waals surface area contributed by atoms with E-state index in [-0.39, 0.29) is 30.2 Å². The number of fused-ring (bicyclic) bond motifs is 2. The van der Waals surface area contributed by atoms with Gasteiger partial charge in [0.05, 0.1) is 11.4 Å². The van der Waals surface area contributed by atoms with Crippen LogP contribution in [0.15, 0.2) is 109 Å². The summed E-state index contributed by atoms with van der Waals surface area (Å²) in [4.78, 5) is 8.87. The molecule has 2 aromatic heterocycles. The predicted octanol–water partition coefficient (Wildman–Crippen LogP) is 3.16. The Bertz CT molecular complexity index is 1500. The van der Waals surface area contributed by atoms with Crippen molar-refractivity contribution in [2.24, 2.45) is 0 Å². The van der Waals surface area contributed by atoms with Crippen LogP contribution in [0.1, 0.15) is 25.0 Å². The van der Waals surface area contributed by atoms with Crippen molar-refractivity contribution < 1.29 is 48.1 Å². The van der Waals surface area contributed by atoms with Gasteiger partial charge in [0.15, 0.2) is 0 Å². The Labute approximate surface area is 266 Å². The van der Waals surface area contributed by atoms with Crippen molar-refractivity contribution >= 4 is 27.0 Å². The molecule has 0 aliphatic heterocycles. The molecule has 6 heteroatoms. The van der Waals surface area contributed by atoms with E-state index in [0.717, 1.165) is 24.2 Å². The van der Waals surface area contributed by atoms with Crippen LogP contribution in [-0.4, -0.2) is 15.4 Å². The minimum atomic E-state index is 0. The first kappa shape index (κ1) is 33.8. The SMILES string of the molecule is CCc1cc2c(-c3ccccn3)cccc2[cH-]1.CCc1cc2c(-c3ccccn3)cccc2[cH-]1.C[Si](C)=[Zr+2].[Cl-].[Cl-]. The fraction of sp³-hybridized carbons (Fsp3) is 0.176. The molecule has 0 N–H and O–H groups in total. The molecule has 0 amide bonds. The van der Waals surface area contributed by atoms with Crippen LogP contribution < -0.4 is 24.8 Å². The molecule has 4 aromatic carbocycles. The Kier molecular flexibility index (Phi) is 14.2. The van der Waals surface area contributed by atoms with E-state index in [1.807, 2.05) is 36.7 Å². The summed E-state index contributed by atoms with van der Waals surface area (Å²) in [6.07, 6.45) is 5.85. The van der Waals surface area contributed by atoms with Gasteiger partial charge < -0.3 is 24.8 Å². The van der Waals surface area contributed by atoms with Crippen molar-refractivity contribution in [3.8, 4) is 22.5 Å². The van der Waals surface area contributed by atoms with Crippen molar-refractivity contribution in [2.45, 2.75) is 39.8 Å². The van der Waals surface area contributed by atoms with Gasteiger partial charge in [-0.1, -0.05) is 38.1 Å². The van der Waals surface area contributed by atoms with Crippen LogP contribution in [0.2, 0.25) is 13.1 Å². The quantitative estimate of drug-likeness (QED) is 0.215. The van der Waals surface area contributed by atoms with Gasteiger partial charge in [0, 0.05) is 12.4 Å². The summed E-state index contributed by atoms with van der Waals surface area (Å²) < 4.78 is 0.